The van der Waals surface area contributed by atoms with Crippen molar-refractivity contribution in [1.29, 1.82) is 0 Å². The molecule has 9 aromatic carbocycles. The number of carbonyl (C=O) groups is 6. The largest absolute Gasteiger partial charge is 0.493 e. The van der Waals surface area contributed by atoms with E-state index in [4.69, 9.17) is 9.98 Å². The maximum Gasteiger partial charge on any atom is 0.343 e. The average Bonchev–Trinajstić information content (AvgIpc) is 1.52. The van der Waals surface area contributed by atoms with Crippen molar-refractivity contribution >= 4 is 81.3 Å². The summed E-state index contributed by atoms with van der Waals surface area (Å²) >= 11 is 0. The molecule has 0 saturated carbocycles. The summed E-state index contributed by atoms with van der Waals surface area (Å²) < 4.78 is 3.24. The van der Waals surface area contributed by atoms with E-state index in [0.29, 0.717) is 0 Å². The van der Waals surface area contributed by atoms with E-state index in [1.807, 2.05) is 0 Å². The van der Waals surface area contributed by atoms with Crippen LogP contribution in [0.2, 0.25) is 0 Å². The van der Waals surface area contributed by atoms with E-state index in [1.165, 1.54) is 109 Å². The van der Waals surface area contributed by atoms with E-state index in [2.05, 4.69) is 0 Å². The minimum Gasteiger partial charge on any atom is -0.493 e. The molecular formula is C74H44N10O12. The van der Waals surface area contributed by atoms with Gasteiger partial charge in [-0.2, -0.15) is 0 Å². The molecule has 22 heteroatoms. The van der Waals surface area contributed by atoms with Crippen LogP contribution in [0.1, 0.15) is 33.4 Å². The van der Waals surface area contributed by atoms with Gasteiger partial charge >= 0.3 is 23.4 Å². The van der Waals surface area contributed by atoms with Crippen LogP contribution in [0.15, 0.2) is 295 Å². The van der Waals surface area contributed by atoms with Crippen molar-refractivity contribution in [2.45, 2.75) is 0 Å². The Hall–Kier alpha value is -14.0. The number of anilines is 4. The highest BCUT2D eigenvalue weighted by molar-refractivity contribution is 6.49. The molecule has 0 unspecified atom stereocenters. The Labute approximate surface area is 541 Å². The molecule has 11 aromatic rings. The Morgan fingerprint density at radius 1 is 0.260 bits per heavy atom. The molecule has 6 heterocycles. The second-order valence-electron chi connectivity index (χ2n) is 22.0. The monoisotopic (exact) mass is 1260 g/mol. The molecule has 4 aliphatic heterocycles. The van der Waals surface area contributed by atoms with Crippen molar-refractivity contribution in [2.75, 3.05) is 19.6 Å². The second-order valence-corrected chi connectivity index (χ2v) is 22.0. The van der Waals surface area contributed by atoms with E-state index in [1.54, 1.807) is 146 Å². The van der Waals surface area contributed by atoms with Gasteiger partial charge in [0.2, 0.25) is 11.8 Å². The zero-order chi connectivity index (χ0) is 66.2. The van der Waals surface area contributed by atoms with Crippen molar-refractivity contribution < 1.29 is 39.0 Å². The lowest BCUT2D eigenvalue weighted by atomic mass is 9.89. The third-order valence-electron chi connectivity index (χ3n) is 16.6. The Morgan fingerprint density at radius 2 is 0.479 bits per heavy atom. The van der Waals surface area contributed by atoms with Gasteiger partial charge in [0.05, 0.1) is 68.3 Å². The van der Waals surface area contributed by atoms with Gasteiger partial charge in [0.15, 0.2) is 0 Å². The second kappa shape index (κ2) is 23.0. The number of rotatable bonds is 10. The lowest BCUT2D eigenvalue weighted by Crippen LogP contribution is -2.57. The number of barbiturate groups is 2. The van der Waals surface area contributed by atoms with E-state index in [9.17, 15) is 29.4 Å². The zero-order valence-electron chi connectivity index (χ0n) is 49.7. The molecule has 0 atom stereocenters. The molecule has 15 rings (SSSR count). The van der Waals surface area contributed by atoms with Crippen molar-refractivity contribution in [3.05, 3.63) is 341 Å². The van der Waals surface area contributed by atoms with Gasteiger partial charge in [-0.25, -0.2) is 67.0 Å². The Bertz CT molecular complexity index is 5110. The Balaban J connectivity index is 1.11. The molecule has 0 radical (unpaired) electrons. The number of carbonyl (C=O) groups excluding carboxylic acids is 6. The lowest BCUT2D eigenvalue weighted by molar-refractivity contribution is -0.122. The fourth-order valence-electron chi connectivity index (χ4n) is 12.2. The summed E-state index contributed by atoms with van der Waals surface area (Å²) in [6.45, 7) is 0. The standard InChI is InChI=1S/C74H44N10O12/c85-63-55(64(86)78(44-27-11-2-12-28-44)71(93)77(63)43-25-9-1-10-26-43)59-51-41-53-54(42-52(51)60(75-59)56-65(87)79(45-29-13-3-14-30-45)72(94)80(66(56)88)46-31-15-4-16-32-46)62(58-69(91)83(49-37-21-7-22-38-49)74(96)84(70(58)92)50-39-23-8-24-40-50)76-61(53)57-67(89)81(47-33-17-5-18-34-47)73(95)82(68(57)90)48-35-19-6-20-36-48/h1-42,85,89H. The van der Waals surface area contributed by atoms with E-state index in [-0.39, 0.29) is 67.8 Å². The first-order valence-electron chi connectivity index (χ1n) is 29.7. The van der Waals surface area contributed by atoms with Crippen LogP contribution in [-0.2, 0) is 19.2 Å². The number of hydrogen-bond acceptors (Lipinski definition) is 14. The summed E-state index contributed by atoms with van der Waals surface area (Å²) in [5.41, 5.74) is -10.5. The third kappa shape index (κ3) is 9.11. The van der Waals surface area contributed by atoms with Gasteiger partial charge in [-0.1, -0.05) is 146 Å². The van der Waals surface area contributed by atoms with Gasteiger partial charge in [-0.05, 0) is 109 Å². The molecule has 462 valence electrons. The Kier molecular flexibility index (Phi) is 14.0. The highest BCUT2D eigenvalue weighted by Gasteiger charge is 2.50. The van der Waals surface area contributed by atoms with E-state index >= 15 is 28.8 Å². The topological polar surface area (TPSA) is 269 Å². The van der Waals surface area contributed by atoms with Crippen LogP contribution in [0.4, 0.5) is 32.3 Å². The quantitative estimate of drug-likeness (QED) is 0.0958. The van der Waals surface area contributed by atoms with Gasteiger partial charge in [0, 0.05) is 22.3 Å². The first-order valence-corrected chi connectivity index (χ1v) is 29.7. The van der Waals surface area contributed by atoms with Crippen LogP contribution in [0, 0.1) is 0 Å². The highest BCUT2D eigenvalue weighted by atomic mass is 16.3. The van der Waals surface area contributed by atoms with Gasteiger partial charge in [-0.3, -0.25) is 28.8 Å². The number of hydrogen-bond donors (Lipinski definition) is 2. The summed E-state index contributed by atoms with van der Waals surface area (Å²) in [5, 5.41) is 25.8. The first-order chi connectivity index (χ1) is 46.7. The van der Waals surface area contributed by atoms with Gasteiger partial charge in [-0.15, -0.1) is 0 Å². The molecule has 4 aliphatic rings. The molecule has 2 saturated heterocycles. The number of fused-ring (bicyclic) bond motifs is 2. The number of para-hydroxylation sites is 8. The number of urea groups is 2. The minimum atomic E-state index is -1.23. The lowest BCUT2D eigenvalue weighted by Gasteiger charge is -2.34. The van der Waals surface area contributed by atoms with Crippen LogP contribution in [0.5, 0.6) is 11.8 Å². The third-order valence-corrected chi connectivity index (χ3v) is 16.6. The molecule has 0 spiro atoms. The molecular weight excluding hydrogens is 1220 g/mol. The number of nitrogens with zero attached hydrogens (tertiary/aromatic N) is 10. The highest BCUT2D eigenvalue weighted by Crippen LogP contribution is 2.46. The molecule has 2 fully saturated rings. The van der Waals surface area contributed by atoms with Crippen molar-refractivity contribution in [3.63, 3.8) is 0 Å². The first kappa shape index (κ1) is 58.4. The van der Waals surface area contributed by atoms with E-state index < -0.39 is 115 Å². The summed E-state index contributed by atoms with van der Waals surface area (Å²) in [4.78, 5) is 168. The SMILES string of the molecule is O=C1C(=C2N=C(c3c(O)n(-c4ccccc4)c(=O)n(-c4ccccc4)c3=O)c3cc4c(cc32)C(=C2C(=O)N(c3ccccc3)C(=O)N(c3ccccc3)C2=O)N=C4c2c(O)n(-c3ccccc3)c(=O)n(-c3ccccc3)c2=O)C(=O)N(c2ccccc2)C(=O)N1c1ccccc1. The fourth-order valence-corrected chi connectivity index (χ4v) is 12.2. The molecule has 2 aromatic heterocycles. The van der Waals surface area contributed by atoms with Crippen molar-refractivity contribution in [3.8, 4) is 34.5 Å². The zero-order valence-corrected chi connectivity index (χ0v) is 49.7. The number of benzene rings is 9. The number of aromatic nitrogens is 4. The normalized spacial score (nSPS) is 14.6. The van der Waals surface area contributed by atoms with Crippen LogP contribution in [0.25, 0.3) is 34.1 Å². The van der Waals surface area contributed by atoms with Gasteiger partial charge < -0.3 is 10.2 Å². The molecule has 8 amide bonds. The van der Waals surface area contributed by atoms with Crippen molar-refractivity contribution in [1.82, 2.24) is 18.3 Å². The minimum absolute atomic E-state index is 0.00594. The summed E-state index contributed by atoms with van der Waals surface area (Å²) in [6, 6.07) is 62.0. The van der Waals surface area contributed by atoms with Gasteiger partial charge in [0.25, 0.3) is 34.7 Å². The summed E-state index contributed by atoms with van der Waals surface area (Å²) in [5.74, 6) is -6.90. The van der Waals surface area contributed by atoms with Crippen LogP contribution >= 0.6 is 0 Å². The van der Waals surface area contributed by atoms with Crippen molar-refractivity contribution in [2.24, 2.45) is 9.98 Å². The molecule has 0 bridgehead atoms. The number of aromatic hydroxyl groups is 2. The Morgan fingerprint density at radius 3 is 0.729 bits per heavy atom. The number of aliphatic imine (C=N–C) groups is 2. The maximum absolute atomic E-state index is 15.8. The summed E-state index contributed by atoms with van der Waals surface area (Å²) in [7, 11) is 0. The smallest absolute Gasteiger partial charge is 0.343 e. The summed E-state index contributed by atoms with van der Waals surface area (Å²) in [6.07, 6.45) is 0. The average molecular weight is 1270 g/mol. The molecule has 96 heavy (non-hydrogen) atoms. The van der Waals surface area contributed by atoms with Crippen LogP contribution < -0.4 is 42.1 Å². The van der Waals surface area contributed by atoms with Crippen LogP contribution in [0.3, 0.4) is 0 Å². The fraction of sp³-hybridized carbons (Fsp3) is 0. The van der Waals surface area contributed by atoms with Gasteiger partial charge in [0.1, 0.15) is 22.3 Å². The van der Waals surface area contributed by atoms with E-state index in [0.717, 1.165) is 37.9 Å². The number of amides is 8. The predicted molar refractivity (Wildman–Crippen MR) is 357 cm³/mol. The van der Waals surface area contributed by atoms with Crippen LogP contribution in [-0.4, -0.2) is 75.6 Å². The number of imide groups is 4. The molecule has 22 nitrogen and oxygen atoms in total. The predicted octanol–water partition coefficient (Wildman–Crippen LogP) is 9.23. The molecule has 0 aliphatic carbocycles. The maximum atomic E-state index is 15.8. The molecule has 2 N–H and O–H groups in total.